The molecule has 2 aliphatic rings. The fourth-order valence-corrected chi connectivity index (χ4v) is 3.12. The molecule has 24 heavy (non-hydrogen) atoms. The van der Waals surface area contributed by atoms with E-state index in [4.69, 9.17) is 9.47 Å². The number of hydrogen-bond acceptors (Lipinski definition) is 2. The maximum atomic E-state index is 6.36. The Hall–Kier alpha value is -0.566. The second kappa shape index (κ2) is 7.76. The Labute approximate surface area is 163 Å². The van der Waals surface area contributed by atoms with E-state index in [1.54, 1.807) is 0 Å². The van der Waals surface area contributed by atoms with E-state index in [0.29, 0.717) is 6.61 Å². The summed E-state index contributed by atoms with van der Waals surface area (Å²) in [6.07, 6.45) is 13.4. The van der Waals surface area contributed by atoms with Gasteiger partial charge < -0.3 is 9.47 Å². The van der Waals surface area contributed by atoms with Gasteiger partial charge in [0.05, 0.1) is 0 Å². The van der Waals surface area contributed by atoms with E-state index in [9.17, 15) is 0 Å². The minimum Gasteiger partial charge on any atom is -0.496 e. The third-order valence-electron chi connectivity index (χ3n) is 4.29. The van der Waals surface area contributed by atoms with Crippen LogP contribution >= 0.6 is 0 Å². The first-order valence-electron chi connectivity index (χ1n) is 8.62. The fraction of sp³-hybridized carbons (Fsp3) is 0.619. The maximum Gasteiger partial charge on any atom is 0.233 e. The Balaban J connectivity index is 0.00000288. The zero-order valence-electron chi connectivity index (χ0n) is 16.2. The summed E-state index contributed by atoms with van der Waals surface area (Å²) in [5.41, 5.74) is 2.63. The van der Waals surface area contributed by atoms with Crippen LogP contribution in [0.15, 0.2) is 41.2 Å². The summed E-state index contributed by atoms with van der Waals surface area (Å²) in [5, 5.41) is 0. The monoisotopic (exact) mass is 363 g/mol. The van der Waals surface area contributed by atoms with E-state index < -0.39 is 5.79 Å². The van der Waals surface area contributed by atoms with Crippen LogP contribution in [0.3, 0.4) is 0 Å². The molecule has 0 radical (unpaired) electrons. The van der Waals surface area contributed by atoms with Gasteiger partial charge in [0.1, 0.15) is 0 Å². The molecule has 1 atom stereocenters. The molecule has 0 aromatic rings. The summed E-state index contributed by atoms with van der Waals surface area (Å²) in [7, 11) is 0. The van der Waals surface area contributed by atoms with Crippen molar-refractivity contribution < 1.29 is 31.2 Å². The van der Waals surface area contributed by atoms with Gasteiger partial charge in [0.15, 0.2) is 0 Å². The van der Waals surface area contributed by atoms with Crippen LogP contribution in [0.25, 0.3) is 0 Å². The zero-order chi connectivity index (χ0) is 17.3. The van der Waals surface area contributed by atoms with E-state index in [1.165, 1.54) is 11.1 Å². The molecule has 0 N–H and O–H groups in total. The Morgan fingerprint density at radius 3 is 2.25 bits per heavy atom. The molecule has 0 heterocycles. The molecule has 3 heteroatoms. The van der Waals surface area contributed by atoms with Crippen molar-refractivity contribution in [2.75, 3.05) is 6.61 Å². The second-order valence-corrected chi connectivity index (χ2v) is 8.36. The van der Waals surface area contributed by atoms with Crippen LogP contribution in [-0.4, -0.2) is 12.4 Å². The molecule has 2 rings (SSSR count). The smallest absolute Gasteiger partial charge is 0.233 e. The van der Waals surface area contributed by atoms with Crippen molar-refractivity contribution in [3.8, 4) is 0 Å². The fourth-order valence-electron chi connectivity index (χ4n) is 3.12. The van der Waals surface area contributed by atoms with Crippen LogP contribution < -0.4 is 0 Å². The van der Waals surface area contributed by atoms with Gasteiger partial charge in [-0.1, -0.05) is 53.7 Å². The number of hydrogen-bond donors (Lipinski definition) is 0. The van der Waals surface area contributed by atoms with Gasteiger partial charge in [0.25, 0.3) is 0 Å². The van der Waals surface area contributed by atoms with Crippen LogP contribution in [0.2, 0.25) is 0 Å². The van der Waals surface area contributed by atoms with Crippen LogP contribution in [-0.2, 0) is 31.2 Å². The predicted octanol–water partition coefficient (Wildman–Crippen LogP) is 5.73. The molecule has 0 aromatic carbocycles. The molecule has 0 aromatic heterocycles. The van der Waals surface area contributed by atoms with Crippen molar-refractivity contribution in [3.63, 3.8) is 0 Å². The van der Waals surface area contributed by atoms with Crippen molar-refractivity contribution in [1.29, 1.82) is 0 Å². The molecular formula is C21H31O2Ti-. The molecule has 0 spiro atoms. The first kappa shape index (κ1) is 21.5. The van der Waals surface area contributed by atoms with Crippen molar-refractivity contribution >= 4 is 0 Å². The normalized spacial score (nSPS) is 24.0. The van der Waals surface area contributed by atoms with Gasteiger partial charge in [-0.15, -0.1) is 6.42 Å². The quantitative estimate of drug-likeness (QED) is 0.361. The molecule has 0 amide bonds. The summed E-state index contributed by atoms with van der Waals surface area (Å²) >= 11 is 0. The van der Waals surface area contributed by atoms with Crippen LogP contribution in [0.4, 0.5) is 0 Å². The van der Waals surface area contributed by atoms with Crippen molar-refractivity contribution in [2.24, 2.45) is 10.8 Å². The minimum atomic E-state index is -0.723. The van der Waals surface area contributed by atoms with E-state index in [-0.39, 0.29) is 32.5 Å². The predicted molar refractivity (Wildman–Crippen MR) is 95.6 cm³/mol. The van der Waals surface area contributed by atoms with E-state index in [1.807, 2.05) is 13.0 Å². The van der Waals surface area contributed by atoms with Gasteiger partial charge in [-0.2, -0.15) is 12.2 Å². The molecule has 2 nitrogen and oxygen atoms in total. The zero-order valence-corrected chi connectivity index (χ0v) is 17.8. The van der Waals surface area contributed by atoms with E-state index in [0.717, 1.165) is 18.6 Å². The Morgan fingerprint density at radius 1 is 1.12 bits per heavy atom. The van der Waals surface area contributed by atoms with Crippen molar-refractivity contribution in [3.05, 3.63) is 47.3 Å². The van der Waals surface area contributed by atoms with Crippen LogP contribution in [0.1, 0.15) is 61.3 Å². The number of allylic oxidation sites excluding steroid dienone is 5. The first-order valence-corrected chi connectivity index (χ1v) is 8.62. The molecular weight excluding hydrogens is 332 g/mol. The standard InChI is InChI=1S/C21H31O2.Ti/c1-8-22-21(23-17-11-9-10-12-17)14-13-16(19(2,3)4)15-18(21)20(5,6)7;/h9,11,13,15H,8,10,14H2,1-7H3;/q-1;. The second-order valence-electron chi connectivity index (χ2n) is 8.36. The Morgan fingerprint density at radius 2 is 1.79 bits per heavy atom. The van der Waals surface area contributed by atoms with Crippen molar-refractivity contribution in [1.82, 2.24) is 0 Å². The summed E-state index contributed by atoms with van der Waals surface area (Å²) < 4.78 is 12.6. The van der Waals surface area contributed by atoms with Crippen molar-refractivity contribution in [2.45, 2.75) is 67.1 Å². The average molecular weight is 363 g/mol. The topological polar surface area (TPSA) is 18.5 Å². The number of ether oxygens (including phenoxy) is 2. The SMILES string of the molecule is CCOC1(OC2=[C-]CC=C2)CC=C(C(C)(C)C)C=C1C(C)(C)C.[Ti]. The van der Waals surface area contributed by atoms with Gasteiger partial charge >= 0.3 is 0 Å². The number of rotatable bonds is 4. The minimum absolute atomic E-state index is 0. The third kappa shape index (κ3) is 4.74. The van der Waals surface area contributed by atoms with Gasteiger partial charge in [-0.05, 0) is 29.1 Å². The summed E-state index contributed by atoms with van der Waals surface area (Å²) in [6.45, 7) is 16.1. The van der Waals surface area contributed by atoms with Gasteiger partial charge in [0, 0.05) is 40.3 Å². The molecule has 132 valence electrons. The van der Waals surface area contributed by atoms with E-state index in [2.05, 4.69) is 65.8 Å². The molecule has 0 saturated heterocycles. The van der Waals surface area contributed by atoms with E-state index >= 15 is 0 Å². The first-order chi connectivity index (χ1) is 10.6. The molecule has 0 bridgehead atoms. The van der Waals surface area contributed by atoms with Gasteiger partial charge in [0.2, 0.25) is 5.79 Å². The Bertz CT molecular complexity index is 568. The Kier molecular flexibility index (Phi) is 6.95. The third-order valence-corrected chi connectivity index (χ3v) is 4.29. The maximum absolute atomic E-state index is 6.36. The summed E-state index contributed by atoms with van der Waals surface area (Å²) in [4.78, 5) is 0. The summed E-state index contributed by atoms with van der Waals surface area (Å²) in [5.74, 6) is 0.0693. The molecule has 1 unspecified atom stereocenters. The van der Waals surface area contributed by atoms with Gasteiger partial charge in [-0.25, -0.2) is 6.08 Å². The molecule has 2 aliphatic carbocycles. The largest absolute Gasteiger partial charge is 0.496 e. The van der Waals surface area contributed by atoms with Gasteiger partial charge in [-0.3, -0.25) is 0 Å². The molecule has 0 fully saturated rings. The van der Waals surface area contributed by atoms with Crippen LogP contribution in [0.5, 0.6) is 0 Å². The summed E-state index contributed by atoms with van der Waals surface area (Å²) in [6, 6.07) is 0. The van der Waals surface area contributed by atoms with Crippen LogP contribution in [0, 0.1) is 16.9 Å². The average Bonchev–Trinajstić information content (AvgIpc) is 2.89. The molecule has 0 saturated carbocycles. The molecule has 0 aliphatic heterocycles.